The van der Waals surface area contributed by atoms with Crippen LogP contribution in [0.5, 0.6) is 5.75 Å². The largest absolute Gasteiger partial charge is 0.482 e. The molecule has 1 saturated carbocycles. The van der Waals surface area contributed by atoms with Crippen molar-refractivity contribution in [2.24, 2.45) is 5.92 Å². The highest BCUT2D eigenvalue weighted by Gasteiger charge is 2.37. The van der Waals surface area contributed by atoms with Crippen molar-refractivity contribution < 1.29 is 17.9 Å². The maximum absolute atomic E-state index is 13.1. The minimum Gasteiger partial charge on any atom is -0.482 e. The number of fused-ring (bicyclic) bond motifs is 1. The Hall–Kier alpha value is -2.68. The Bertz CT molecular complexity index is 1270. The summed E-state index contributed by atoms with van der Waals surface area (Å²) in [6.07, 6.45) is 7.04. The molecule has 0 radical (unpaired) electrons. The number of sulfonamides is 1. The summed E-state index contributed by atoms with van der Waals surface area (Å²) in [6, 6.07) is 12.8. The van der Waals surface area contributed by atoms with Gasteiger partial charge in [0.15, 0.2) is 0 Å². The predicted octanol–water partition coefficient (Wildman–Crippen LogP) is 4.19. The third-order valence-electron chi connectivity index (χ3n) is 7.70. The van der Waals surface area contributed by atoms with E-state index in [0.717, 1.165) is 61.9 Å². The molecule has 198 valence electrons. The van der Waals surface area contributed by atoms with Crippen LogP contribution in [0.3, 0.4) is 0 Å². The van der Waals surface area contributed by atoms with Crippen LogP contribution in [0.15, 0.2) is 53.4 Å². The van der Waals surface area contributed by atoms with Crippen molar-refractivity contribution in [3.8, 4) is 5.75 Å². The Morgan fingerprint density at radius 1 is 1.08 bits per heavy atom. The maximum atomic E-state index is 13.1. The van der Waals surface area contributed by atoms with Crippen molar-refractivity contribution in [2.75, 3.05) is 32.7 Å². The number of carbonyl (C=O) groups excluding carboxylic acids is 1. The smallest absolute Gasteiger partial charge is 0.253 e. The molecule has 1 atom stereocenters. The lowest BCUT2D eigenvalue weighted by Crippen LogP contribution is -2.37. The van der Waals surface area contributed by atoms with Crippen LogP contribution >= 0.6 is 0 Å². The van der Waals surface area contributed by atoms with E-state index in [-0.39, 0.29) is 10.8 Å². The third kappa shape index (κ3) is 5.61. The van der Waals surface area contributed by atoms with Crippen LogP contribution < -0.4 is 14.8 Å². The molecule has 5 rings (SSSR count). The summed E-state index contributed by atoms with van der Waals surface area (Å²) >= 11 is 0. The van der Waals surface area contributed by atoms with Crippen LogP contribution in [-0.2, 0) is 10.0 Å². The minimum absolute atomic E-state index is 0.0133. The summed E-state index contributed by atoms with van der Waals surface area (Å²) < 4.78 is 35.5. The molecule has 1 spiro atoms. The van der Waals surface area contributed by atoms with Gasteiger partial charge in [-0.15, -0.1) is 0 Å². The highest BCUT2D eigenvalue weighted by molar-refractivity contribution is 7.89. The van der Waals surface area contributed by atoms with E-state index < -0.39 is 15.6 Å². The van der Waals surface area contributed by atoms with Gasteiger partial charge in [-0.05, 0) is 106 Å². The van der Waals surface area contributed by atoms with E-state index in [4.69, 9.17) is 4.74 Å². The van der Waals surface area contributed by atoms with E-state index in [1.54, 1.807) is 23.1 Å². The molecule has 1 amide bonds. The first-order valence-electron chi connectivity index (χ1n) is 13.5. The molecule has 2 aliphatic heterocycles. The lowest BCUT2D eigenvalue weighted by molar-refractivity contribution is 0.0773. The first-order chi connectivity index (χ1) is 17.8. The summed E-state index contributed by atoms with van der Waals surface area (Å²) in [5.41, 5.74) is 2.85. The number of rotatable bonds is 8. The Kier molecular flexibility index (Phi) is 7.43. The minimum atomic E-state index is -3.62. The van der Waals surface area contributed by atoms with Gasteiger partial charge in [0, 0.05) is 37.2 Å². The van der Waals surface area contributed by atoms with Crippen molar-refractivity contribution in [1.82, 2.24) is 14.9 Å². The van der Waals surface area contributed by atoms with E-state index >= 15 is 0 Å². The average molecular weight is 524 g/mol. The Balaban J connectivity index is 1.53. The topological polar surface area (TPSA) is 87.7 Å². The van der Waals surface area contributed by atoms with Gasteiger partial charge < -0.3 is 15.0 Å². The molecule has 2 aromatic rings. The van der Waals surface area contributed by atoms with Gasteiger partial charge in [0.25, 0.3) is 5.91 Å². The molecular weight excluding hydrogens is 486 g/mol. The number of hydrogen-bond donors (Lipinski definition) is 2. The van der Waals surface area contributed by atoms with Gasteiger partial charge in [0.1, 0.15) is 11.4 Å². The zero-order valence-corrected chi connectivity index (χ0v) is 22.6. The van der Waals surface area contributed by atoms with Crippen molar-refractivity contribution in [3.63, 3.8) is 0 Å². The standard InChI is InChI=1S/C29H37N3O4S/c1-3-32(4-2)28(33)23-10-8-22(9-11-23)26-19-29(14-5-16-30-17-15-29)36-27-13-12-24(18-25(26)27)37(34,35)31-20-21-6-7-21/h8-13,18-19,21,30-31H,3-7,14-17,20H2,1-2H3. The number of carbonyl (C=O) groups is 1. The molecule has 2 heterocycles. The van der Waals surface area contributed by atoms with E-state index in [9.17, 15) is 13.2 Å². The maximum Gasteiger partial charge on any atom is 0.253 e. The molecule has 1 saturated heterocycles. The highest BCUT2D eigenvalue weighted by atomic mass is 32.2. The molecule has 0 bridgehead atoms. The van der Waals surface area contributed by atoms with Crippen LogP contribution in [0.1, 0.15) is 67.4 Å². The van der Waals surface area contributed by atoms with E-state index in [0.29, 0.717) is 36.9 Å². The normalized spacial score (nSPS) is 21.5. The first kappa shape index (κ1) is 25.9. The molecule has 37 heavy (non-hydrogen) atoms. The van der Waals surface area contributed by atoms with Gasteiger partial charge in [-0.2, -0.15) is 0 Å². The lowest BCUT2D eigenvalue weighted by Gasteiger charge is -2.36. The van der Waals surface area contributed by atoms with Crippen molar-refractivity contribution in [3.05, 3.63) is 65.2 Å². The monoisotopic (exact) mass is 523 g/mol. The number of nitrogens with zero attached hydrogens (tertiary/aromatic N) is 1. The molecule has 7 nitrogen and oxygen atoms in total. The quantitative estimate of drug-likeness (QED) is 0.542. The Morgan fingerprint density at radius 2 is 1.84 bits per heavy atom. The molecule has 1 unspecified atom stereocenters. The average Bonchev–Trinajstić information content (AvgIpc) is 3.76. The SMILES string of the molecule is CCN(CC)C(=O)c1ccc(C2=CC3(CCCNCC3)Oc3ccc(S(=O)(=O)NCC4CC4)cc32)cc1. The first-order valence-corrected chi connectivity index (χ1v) is 15.0. The fourth-order valence-electron chi connectivity index (χ4n) is 5.23. The molecule has 0 aromatic heterocycles. The van der Waals surface area contributed by atoms with Gasteiger partial charge >= 0.3 is 0 Å². The predicted molar refractivity (Wildman–Crippen MR) is 145 cm³/mol. The zero-order valence-electron chi connectivity index (χ0n) is 21.8. The van der Waals surface area contributed by atoms with Crippen LogP contribution in [0, 0.1) is 5.92 Å². The van der Waals surface area contributed by atoms with E-state index in [1.165, 1.54) is 0 Å². The van der Waals surface area contributed by atoms with Crippen LogP contribution in [0.2, 0.25) is 0 Å². The fourth-order valence-corrected chi connectivity index (χ4v) is 6.37. The molecule has 3 aliphatic rings. The van der Waals surface area contributed by atoms with Gasteiger partial charge in [-0.1, -0.05) is 12.1 Å². The van der Waals surface area contributed by atoms with Gasteiger partial charge in [-0.3, -0.25) is 4.79 Å². The van der Waals surface area contributed by atoms with Crippen molar-refractivity contribution in [1.29, 1.82) is 0 Å². The number of amides is 1. The van der Waals surface area contributed by atoms with Crippen LogP contribution in [0.4, 0.5) is 0 Å². The zero-order chi connectivity index (χ0) is 26.0. The number of ether oxygens (including phenoxy) is 1. The second-order valence-corrected chi connectivity index (χ2v) is 12.1. The fraction of sp³-hybridized carbons (Fsp3) is 0.483. The molecule has 2 aromatic carbocycles. The summed E-state index contributed by atoms with van der Waals surface area (Å²) in [5, 5.41) is 3.46. The second-order valence-electron chi connectivity index (χ2n) is 10.3. The molecular formula is C29H37N3O4S. The lowest BCUT2D eigenvalue weighted by atomic mass is 9.84. The molecule has 2 fully saturated rings. The van der Waals surface area contributed by atoms with Gasteiger partial charge in [0.05, 0.1) is 4.90 Å². The van der Waals surface area contributed by atoms with Crippen LogP contribution in [-0.4, -0.2) is 57.5 Å². The van der Waals surface area contributed by atoms with Gasteiger partial charge in [0.2, 0.25) is 10.0 Å². The Labute approximate surface area is 220 Å². The summed E-state index contributed by atoms with van der Waals surface area (Å²) in [5.74, 6) is 1.16. The third-order valence-corrected chi connectivity index (χ3v) is 9.12. The van der Waals surface area contributed by atoms with Gasteiger partial charge in [-0.25, -0.2) is 13.1 Å². The molecule has 1 aliphatic carbocycles. The summed E-state index contributed by atoms with van der Waals surface area (Å²) in [7, 11) is -3.62. The number of benzene rings is 2. The summed E-state index contributed by atoms with van der Waals surface area (Å²) in [4.78, 5) is 14.9. The number of nitrogens with one attached hydrogen (secondary N) is 2. The van der Waals surface area contributed by atoms with Crippen molar-refractivity contribution in [2.45, 2.75) is 56.4 Å². The second kappa shape index (κ2) is 10.6. The molecule has 8 heteroatoms. The van der Waals surface area contributed by atoms with E-state index in [2.05, 4.69) is 16.1 Å². The molecule has 2 N–H and O–H groups in total. The number of hydrogen-bond acceptors (Lipinski definition) is 5. The summed E-state index contributed by atoms with van der Waals surface area (Å²) in [6.45, 7) is 7.57. The highest BCUT2D eigenvalue weighted by Crippen LogP contribution is 2.43. The van der Waals surface area contributed by atoms with Crippen LogP contribution in [0.25, 0.3) is 5.57 Å². The van der Waals surface area contributed by atoms with E-state index in [1.807, 2.05) is 38.1 Å². The Morgan fingerprint density at radius 3 is 2.54 bits per heavy atom. The van der Waals surface area contributed by atoms with Crippen molar-refractivity contribution >= 4 is 21.5 Å².